The maximum atomic E-state index is 5.93. The van der Waals surface area contributed by atoms with E-state index < -0.39 is 0 Å². The highest BCUT2D eigenvalue weighted by Gasteiger charge is 2.32. The molecule has 16 heavy (non-hydrogen) atoms. The van der Waals surface area contributed by atoms with Crippen LogP contribution in [0.3, 0.4) is 0 Å². The molecule has 1 aliphatic rings. The molecule has 4 heteroatoms. The van der Waals surface area contributed by atoms with E-state index in [1.165, 1.54) is 12.8 Å². The van der Waals surface area contributed by atoms with Crippen LogP contribution in [-0.2, 0) is 0 Å². The molecule has 1 saturated carbocycles. The van der Waals surface area contributed by atoms with Gasteiger partial charge in [0.05, 0.1) is 5.54 Å². The van der Waals surface area contributed by atoms with Crippen molar-refractivity contribution in [2.45, 2.75) is 38.1 Å². The molecule has 0 aliphatic heterocycles. The first-order valence-electron chi connectivity index (χ1n) is 5.98. The molecule has 1 fully saturated rings. The van der Waals surface area contributed by atoms with E-state index in [0.29, 0.717) is 6.54 Å². The van der Waals surface area contributed by atoms with Crippen LogP contribution in [0.1, 0.15) is 32.6 Å². The Morgan fingerprint density at radius 3 is 2.81 bits per heavy atom. The molecular weight excluding hydrogens is 200 g/mol. The highest BCUT2D eigenvalue weighted by atomic mass is 15.1. The summed E-state index contributed by atoms with van der Waals surface area (Å²) < 4.78 is 0. The highest BCUT2D eigenvalue weighted by Crippen LogP contribution is 2.33. The molecule has 0 radical (unpaired) electrons. The maximum absolute atomic E-state index is 5.93. The van der Waals surface area contributed by atoms with Gasteiger partial charge in [-0.25, -0.2) is 9.97 Å². The van der Waals surface area contributed by atoms with Crippen LogP contribution < -0.4 is 11.1 Å². The average Bonchev–Trinajstić information content (AvgIpc) is 2.34. The smallest absolute Gasteiger partial charge is 0.129 e. The number of hydrogen-bond donors (Lipinski definition) is 2. The topological polar surface area (TPSA) is 63.8 Å². The molecule has 1 aromatic rings. The zero-order valence-electron chi connectivity index (χ0n) is 9.82. The van der Waals surface area contributed by atoms with Crippen molar-refractivity contribution >= 4 is 5.82 Å². The molecule has 1 aromatic heterocycles. The summed E-state index contributed by atoms with van der Waals surface area (Å²) in [5.41, 5.74) is 5.97. The van der Waals surface area contributed by atoms with Crippen LogP contribution in [0.5, 0.6) is 0 Å². The number of nitrogens with two attached hydrogens (primary N) is 1. The Balaban J connectivity index is 2.05. The van der Waals surface area contributed by atoms with E-state index >= 15 is 0 Å². The summed E-state index contributed by atoms with van der Waals surface area (Å²) >= 11 is 0. The van der Waals surface area contributed by atoms with Crippen molar-refractivity contribution < 1.29 is 0 Å². The number of hydrogen-bond acceptors (Lipinski definition) is 4. The van der Waals surface area contributed by atoms with E-state index in [1.807, 2.05) is 6.07 Å². The van der Waals surface area contributed by atoms with Crippen molar-refractivity contribution in [3.05, 3.63) is 18.6 Å². The Morgan fingerprint density at radius 2 is 2.25 bits per heavy atom. The molecule has 0 aromatic carbocycles. The van der Waals surface area contributed by atoms with Crippen molar-refractivity contribution in [3.8, 4) is 0 Å². The Hall–Kier alpha value is -1.16. The number of rotatable bonds is 3. The number of anilines is 1. The van der Waals surface area contributed by atoms with E-state index in [-0.39, 0.29) is 5.54 Å². The van der Waals surface area contributed by atoms with E-state index in [4.69, 9.17) is 5.73 Å². The van der Waals surface area contributed by atoms with E-state index in [9.17, 15) is 0 Å². The van der Waals surface area contributed by atoms with E-state index in [2.05, 4.69) is 22.2 Å². The quantitative estimate of drug-likeness (QED) is 0.815. The normalized spacial score (nSPS) is 30.0. The van der Waals surface area contributed by atoms with Gasteiger partial charge in [-0.3, -0.25) is 0 Å². The zero-order valence-corrected chi connectivity index (χ0v) is 9.82. The predicted octanol–water partition coefficient (Wildman–Crippen LogP) is 1.80. The average molecular weight is 220 g/mol. The summed E-state index contributed by atoms with van der Waals surface area (Å²) in [4.78, 5) is 8.12. The minimum Gasteiger partial charge on any atom is -0.363 e. The maximum Gasteiger partial charge on any atom is 0.129 e. The molecule has 0 saturated heterocycles. The lowest BCUT2D eigenvalue weighted by Crippen LogP contribution is -2.48. The first-order chi connectivity index (χ1) is 7.74. The van der Waals surface area contributed by atoms with Crippen LogP contribution in [0.4, 0.5) is 5.82 Å². The lowest BCUT2D eigenvalue weighted by atomic mass is 9.77. The molecule has 3 N–H and O–H groups in total. The minimum absolute atomic E-state index is 0.0425. The van der Waals surface area contributed by atoms with Crippen molar-refractivity contribution in [3.63, 3.8) is 0 Å². The molecule has 1 aliphatic carbocycles. The molecule has 88 valence electrons. The SMILES string of the molecule is CC1CCC(CN)(Nc2ccncn2)CC1. The van der Waals surface area contributed by atoms with Gasteiger partial charge in [0.1, 0.15) is 12.1 Å². The molecule has 0 spiro atoms. The number of aromatic nitrogens is 2. The van der Waals surface area contributed by atoms with Crippen LogP contribution in [0.2, 0.25) is 0 Å². The highest BCUT2D eigenvalue weighted by molar-refractivity contribution is 5.36. The minimum atomic E-state index is 0.0425. The molecule has 4 nitrogen and oxygen atoms in total. The molecular formula is C12H20N4. The van der Waals surface area contributed by atoms with Crippen molar-refractivity contribution in [2.75, 3.05) is 11.9 Å². The third-order valence-corrected chi connectivity index (χ3v) is 3.60. The van der Waals surface area contributed by atoms with Gasteiger partial charge in [0.25, 0.3) is 0 Å². The van der Waals surface area contributed by atoms with Crippen molar-refractivity contribution in [1.29, 1.82) is 0 Å². The summed E-state index contributed by atoms with van der Waals surface area (Å²) in [6, 6.07) is 1.90. The number of nitrogens with one attached hydrogen (secondary N) is 1. The van der Waals surface area contributed by atoms with Crippen LogP contribution in [0.25, 0.3) is 0 Å². The summed E-state index contributed by atoms with van der Waals surface area (Å²) in [5.74, 6) is 1.71. The van der Waals surface area contributed by atoms with Crippen LogP contribution >= 0.6 is 0 Å². The fraction of sp³-hybridized carbons (Fsp3) is 0.667. The number of nitrogens with zero attached hydrogens (tertiary/aromatic N) is 2. The van der Waals surface area contributed by atoms with E-state index in [0.717, 1.165) is 24.6 Å². The second kappa shape index (κ2) is 4.78. The molecule has 2 rings (SSSR count). The van der Waals surface area contributed by atoms with Gasteiger partial charge in [-0.2, -0.15) is 0 Å². The van der Waals surface area contributed by atoms with Gasteiger partial charge in [-0.05, 0) is 37.7 Å². The first-order valence-corrected chi connectivity index (χ1v) is 5.98. The molecule has 0 unspecified atom stereocenters. The Kier molecular flexibility index (Phi) is 3.39. The molecule has 1 heterocycles. The van der Waals surface area contributed by atoms with Gasteiger partial charge in [-0.1, -0.05) is 6.92 Å². The second-order valence-electron chi connectivity index (χ2n) is 4.89. The largest absolute Gasteiger partial charge is 0.363 e. The second-order valence-corrected chi connectivity index (χ2v) is 4.89. The Morgan fingerprint density at radius 1 is 1.50 bits per heavy atom. The summed E-state index contributed by atoms with van der Waals surface area (Å²) in [7, 11) is 0. The van der Waals surface area contributed by atoms with Gasteiger partial charge >= 0.3 is 0 Å². The Bertz CT molecular complexity index is 317. The fourth-order valence-electron chi connectivity index (χ4n) is 2.33. The molecule has 0 bridgehead atoms. The van der Waals surface area contributed by atoms with Crippen LogP contribution in [0, 0.1) is 5.92 Å². The molecule has 0 amide bonds. The van der Waals surface area contributed by atoms with Gasteiger partial charge in [0.15, 0.2) is 0 Å². The predicted molar refractivity (Wildman–Crippen MR) is 65.1 cm³/mol. The van der Waals surface area contributed by atoms with Gasteiger partial charge in [0, 0.05) is 12.7 Å². The van der Waals surface area contributed by atoms with Crippen LogP contribution in [0.15, 0.2) is 18.6 Å². The van der Waals surface area contributed by atoms with Gasteiger partial charge < -0.3 is 11.1 Å². The Labute approximate surface area is 96.7 Å². The summed E-state index contributed by atoms with van der Waals surface area (Å²) in [6.07, 6.45) is 8.08. The van der Waals surface area contributed by atoms with E-state index in [1.54, 1.807) is 12.5 Å². The summed E-state index contributed by atoms with van der Waals surface area (Å²) in [5, 5.41) is 3.49. The van der Waals surface area contributed by atoms with Crippen molar-refractivity contribution in [1.82, 2.24) is 9.97 Å². The monoisotopic (exact) mass is 220 g/mol. The van der Waals surface area contributed by atoms with Gasteiger partial charge in [0.2, 0.25) is 0 Å². The first kappa shape index (κ1) is 11.3. The fourth-order valence-corrected chi connectivity index (χ4v) is 2.33. The molecule has 0 atom stereocenters. The standard InChI is InChI=1S/C12H20N4/c1-10-2-5-12(8-13,6-3-10)16-11-4-7-14-9-15-11/h4,7,9-10H,2-3,5-6,8,13H2,1H3,(H,14,15,16). The van der Waals surface area contributed by atoms with Crippen molar-refractivity contribution in [2.24, 2.45) is 11.7 Å². The lowest BCUT2D eigenvalue weighted by Gasteiger charge is -2.39. The van der Waals surface area contributed by atoms with Gasteiger partial charge in [-0.15, -0.1) is 0 Å². The zero-order chi connectivity index (χ0) is 11.4. The van der Waals surface area contributed by atoms with Crippen LogP contribution in [-0.4, -0.2) is 22.1 Å². The third kappa shape index (κ3) is 2.50. The lowest BCUT2D eigenvalue weighted by molar-refractivity contribution is 0.271. The third-order valence-electron chi connectivity index (χ3n) is 3.60. The summed E-state index contributed by atoms with van der Waals surface area (Å²) in [6.45, 7) is 2.98.